The van der Waals surface area contributed by atoms with Gasteiger partial charge in [0.25, 0.3) is 0 Å². The zero-order chi connectivity index (χ0) is 18.2. The normalized spacial score (nSPS) is 11.9. The van der Waals surface area contributed by atoms with Gasteiger partial charge in [-0.1, -0.05) is 12.1 Å². The Morgan fingerprint density at radius 2 is 1.92 bits per heavy atom. The number of halogens is 1. The van der Waals surface area contributed by atoms with Crippen LogP contribution in [-0.2, 0) is 21.2 Å². The van der Waals surface area contributed by atoms with Crippen molar-refractivity contribution in [3.05, 3.63) is 35.6 Å². The highest BCUT2D eigenvalue weighted by molar-refractivity contribution is 7.88. The number of sulfonamides is 1. The molecule has 0 aliphatic carbocycles. The predicted octanol–water partition coefficient (Wildman–Crippen LogP) is 0.698. The Morgan fingerprint density at radius 3 is 2.50 bits per heavy atom. The third kappa shape index (κ3) is 8.37. The summed E-state index contributed by atoms with van der Waals surface area (Å²) in [4.78, 5) is 13.8. The number of nitrogens with zero attached hydrogens (tertiary/aromatic N) is 2. The minimum absolute atomic E-state index is 0.0667. The second-order valence-corrected chi connectivity index (χ2v) is 7.96. The van der Waals surface area contributed by atoms with Crippen LogP contribution >= 0.6 is 0 Å². The molecule has 1 aromatic carbocycles. The van der Waals surface area contributed by atoms with E-state index in [-0.39, 0.29) is 31.2 Å². The molecule has 6 nitrogen and oxygen atoms in total. The lowest BCUT2D eigenvalue weighted by Gasteiger charge is -2.21. The quantitative estimate of drug-likeness (QED) is 0.668. The van der Waals surface area contributed by atoms with Crippen LogP contribution in [0.1, 0.15) is 12.0 Å². The van der Waals surface area contributed by atoms with Gasteiger partial charge in [0.1, 0.15) is 5.82 Å². The molecule has 0 saturated heterocycles. The van der Waals surface area contributed by atoms with E-state index >= 15 is 0 Å². The Bertz CT molecular complexity index is 635. The first-order valence-corrected chi connectivity index (χ1v) is 9.64. The van der Waals surface area contributed by atoms with Gasteiger partial charge in [0, 0.05) is 19.6 Å². The Labute approximate surface area is 143 Å². The van der Waals surface area contributed by atoms with Gasteiger partial charge in [-0.3, -0.25) is 4.79 Å². The van der Waals surface area contributed by atoms with Gasteiger partial charge < -0.3 is 10.2 Å². The Hall–Kier alpha value is -1.51. The fourth-order valence-corrected chi connectivity index (χ4v) is 3.11. The maximum atomic E-state index is 13.1. The largest absolute Gasteiger partial charge is 0.354 e. The number of hydrogen-bond donors (Lipinski definition) is 1. The molecule has 0 aliphatic heterocycles. The van der Waals surface area contributed by atoms with Crippen molar-refractivity contribution in [3.63, 3.8) is 0 Å². The number of carbonyl (C=O) groups excluding carboxylic acids is 1. The van der Waals surface area contributed by atoms with Gasteiger partial charge >= 0.3 is 0 Å². The number of amides is 1. The Kier molecular flexibility index (Phi) is 8.30. The molecule has 0 radical (unpaired) electrons. The monoisotopic (exact) mass is 359 g/mol. The van der Waals surface area contributed by atoms with Crippen molar-refractivity contribution in [1.29, 1.82) is 0 Å². The van der Waals surface area contributed by atoms with Crippen LogP contribution in [0.25, 0.3) is 0 Å². The molecule has 136 valence electrons. The molecule has 0 aromatic heterocycles. The van der Waals surface area contributed by atoms with Crippen molar-refractivity contribution < 1.29 is 17.6 Å². The molecule has 0 spiro atoms. The van der Waals surface area contributed by atoms with Gasteiger partial charge in [0.2, 0.25) is 15.9 Å². The van der Waals surface area contributed by atoms with E-state index in [1.807, 2.05) is 19.0 Å². The summed E-state index contributed by atoms with van der Waals surface area (Å²) >= 11 is 0. The molecule has 1 aromatic rings. The molecule has 1 N–H and O–H groups in total. The molecule has 24 heavy (non-hydrogen) atoms. The fraction of sp³-hybridized carbons (Fsp3) is 0.562. The average molecular weight is 359 g/mol. The molecule has 0 aliphatic rings. The molecule has 0 atom stereocenters. The van der Waals surface area contributed by atoms with Gasteiger partial charge in [-0.05, 0) is 44.8 Å². The highest BCUT2D eigenvalue weighted by Crippen LogP contribution is 2.04. The Balaban J connectivity index is 2.42. The molecule has 1 amide bonds. The topological polar surface area (TPSA) is 69.7 Å². The lowest BCUT2D eigenvalue weighted by Crippen LogP contribution is -2.39. The smallest absolute Gasteiger partial charge is 0.224 e. The van der Waals surface area contributed by atoms with Crippen LogP contribution in [0.4, 0.5) is 4.39 Å². The maximum absolute atomic E-state index is 13.1. The lowest BCUT2D eigenvalue weighted by molar-refractivity contribution is -0.120. The van der Waals surface area contributed by atoms with E-state index in [1.165, 1.54) is 16.4 Å². The van der Waals surface area contributed by atoms with Crippen molar-refractivity contribution >= 4 is 15.9 Å². The van der Waals surface area contributed by atoms with Crippen molar-refractivity contribution in [2.24, 2.45) is 0 Å². The highest BCUT2D eigenvalue weighted by atomic mass is 32.2. The molecule has 8 heteroatoms. The summed E-state index contributed by atoms with van der Waals surface area (Å²) in [6.45, 7) is 1.65. The number of rotatable bonds is 10. The summed E-state index contributed by atoms with van der Waals surface area (Å²) in [5.74, 6) is -0.646. The van der Waals surface area contributed by atoms with Gasteiger partial charge in [-0.15, -0.1) is 0 Å². The molecule has 0 fully saturated rings. The average Bonchev–Trinajstić information content (AvgIpc) is 2.44. The van der Waals surface area contributed by atoms with Gasteiger partial charge in [0.15, 0.2) is 0 Å². The number of carbonyl (C=O) groups is 1. The second-order valence-electron chi connectivity index (χ2n) is 5.98. The third-order valence-corrected chi connectivity index (χ3v) is 4.72. The van der Waals surface area contributed by atoms with Crippen LogP contribution in [0.2, 0.25) is 0 Å². The first-order valence-electron chi connectivity index (χ1n) is 7.79. The standard InChI is InChI=1S/C16H26FN3O3S/c1-19(2)9-5-10-20(24(3,22)23)11-8-18-16(21)13-14-6-4-7-15(17)12-14/h4,6-7,12H,5,8-11,13H2,1-3H3,(H,18,21). The van der Waals surface area contributed by atoms with Crippen molar-refractivity contribution in [2.75, 3.05) is 46.5 Å². The zero-order valence-corrected chi connectivity index (χ0v) is 15.3. The summed E-state index contributed by atoms with van der Waals surface area (Å²) in [6.07, 6.45) is 1.95. The SMILES string of the molecule is CN(C)CCCN(CCNC(=O)Cc1cccc(F)c1)S(C)(=O)=O. The van der Waals surface area contributed by atoms with Gasteiger partial charge in [-0.25, -0.2) is 17.1 Å². The molecule has 0 saturated carbocycles. The van der Waals surface area contributed by atoms with Crippen LogP contribution in [0.5, 0.6) is 0 Å². The summed E-state index contributed by atoms with van der Waals surface area (Å²) < 4.78 is 38.0. The van der Waals surface area contributed by atoms with Crippen LogP contribution < -0.4 is 5.32 Å². The summed E-state index contributed by atoms with van der Waals surface area (Å²) in [6, 6.07) is 5.85. The van der Waals surface area contributed by atoms with E-state index in [1.54, 1.807) is 12.1 Å². The Morgan fingerprint density at radius 1 is 1.21 bits per heavy atom. The number of benzene rings is 1. The predicted molar refractivity (Wildman–Crippen MR) is 92.7 cm³/mol. The van der Waals surface area contributed by atoms with E-state index < -0.39 is 10.0 Å². The van der Waals surface area contributed by atoms with Crippen LogP contribution in [-0.4, -0.2) is 70.1 Å². The highest BCUT2D eigenvalue weighted by Gasteiger charge is 2.16. The molecule has 0 unspecified atom stereocenters. The minimum Gasteiger partial charge on any atom is -0.354 e. The van der Waals surface area contributed by atoms with Gasteiger partial charge in [-0.2, -0.15) is 0 Å². The van der Waals surface area contributed by atoms with Crippen molar-refractivity contribution in [2.45, 2.75) is 12.8 Å². The maximum Gasteiger partial charge on any atom is 0.224 e. The molecule has 0 heterocycles. The summed E-state index contributed by atoms with van der Waals surface area (Å²) in [5, 5.41) is 2.67. The number of hydrogen-bond acceptors (Lipinski definition) is 4. The minimum atomic E-state index is -3.31. The third-order valence-electron chi connectivity index (χ3n) is 3.42. The van der Waals surface area contributed by atoms with Crippen LogP contribution in [0, 0.1) is 5.82 Å². The first-order chi connectivity index (χ1) is 11.2. The van der Waals surface area contributed by atoms with E-state index in [2.05, 4.69) is 5.32 Å². The number of nitrogens with one attached hydrogen (secondary N) is 1. The molecular weight excluding hydrogens is 333 g/mol. The summed E-state index contributed by atoms with van der Waals surface area (Å²) in [5.41, 5.74) is 0.582. The first kappa shape index (κ1) is 20.5. The van der Waals surface area contributed by atoms with Crippen molar-refractivity contribution in [3.8, 4) is 0 Å². The fourth-order valence-electron chi connectivity index (χ4n) is 2.22. The van der Waals surface area contributed by atoms with Gasteiger partial charge in [0.05, 0.1) is 12.7 Å². The van der Waals surface area contributed by atoms with Crippen LogP contribution in [0.15, 0.2) is 24.3 Å². The van der Waals surface area contributed by atoms with E-state index in [0.717, 1.165) is 19.2 Å². The molecule has 0 bridgehead atoms. The van der Waals surface area contributed by atoms with E-state index in [0.29, 0.717) is 12.1 Å². The van der Waals surface area contributed by atoms with Crippen molar-refractivity contribution in [1.82, 2.24) is 14.5 Å². The van der Waals surface area contributed by atoms with E-state index in [9.17, 15) is 17.6 Å². The van der Waals surface area contributed by atoms with E-state index in [4.69, 9.17) is 0 Å². The second kappa shape index (κ2) is 9.71. The van der Waals surface area contributed by atoms with Crippen LogP contribution in [0.3, 0.4) is 0 Å². The zero-order valence-electron chi connectivity index (χ0n) is 14.5. The molecule has 1 rings (SSSR count). The summed E-state index contributed by atoms with van der Waals surface area (Å²) in [7, 11) is 0.545. The lowest BCUT2D eigenvalue weighted by atomic mass is 10.1. The molecular formula is C16H26FN3O3S.